The van der Waals surface area contributed by atoms with Crippen LogP contribution in [0.5, 0.6) is 5.75 Å². The molecule has 1 atom stereocenters. The minimum Gasteiger partial charge on any atom is -0.497 e. The molecule has 18 heavy (non-hydrogen) atoms. The molecule has 0 N–H and O–H groups in total. The number of rotatable bonds is 3. The van der Waals surface area contributed by atoms with Crippen molar-refractivity contribution in [1.29, 1.82) is 0 Å². The van der Waals surface area contributed by atoms with Crippen LogP contribution in [-0.4, -0.2) is 19.2 Å². The second-order valence-corrected chi connectivity index (χ2v) is 4.47. The van der Waals surface area contributed by atoms with E-state index in [4.69, 9.17) is 9.47 Å². The van der Waals surface area contributed by atoms with Gasteiger partial charge in [0.15, 0.2) is 0 Å². The van der Waals surface area contributed by atoms with Gasteiger partial charge < -0.3 is 9.47 Å². The first kappa shape index (κ1) is 12.7. The maximum absolute atomic E-state index is 11.1. The van der Waals surface area contributed by atoms with Gasteiger partial charge in [-0.25, -0.2) is 0 Å². The zero-order chi connectivity index (χ0) is 13.1. The molecule has 1 aliphatic carbocycles. The lowest BCUT2D eigenvalue weighted by molar-refractivity contribution is -0.143. The molecule has 3 nitrogen and oxygen atoms in total. The Morgan fingerprint density at radius 3 is 2.83 bits per heavy atom. The summed E-state index contributed by atoms with van der Waals surface area (Å²) in [6.07, 6.45) is 3.94. The first-order valence-corrected chi connectivity index (χ1v) is 6.16. The summed E-state index contributed by atoms with van der Waals surface area (Å²) in [5.41, 5.74) is 3.49. The number of methoxy groups -OCH3 is 1. The lowest BCUT2D eigenvalue weighted by Gasteiger charge is -2.23. The summed E-state index contributed by atoms with van der Waals surface area (Å²) in [6, 6.07) is 6.07. The molecule has 0 saturated carbocycles. The fraction of sp³-hybridized carbons (Fsp3) is 0.400. The fourth-order valence-electron chi connectivity index (χ4n) is 2.36. The van der Waals surface area contributed by atoms with E-state index < -0.39 is 0 Å². The molecule has 0 bridgehead atoms. The number of fused-ring (bicyclic) bond motifs is 1. The van der Waals surface area contributed by atoms with Gasteiger partial charge in [0.05, 0.1) is 7.11 Å². The predicted molar refractivity (Wildman–Crippen MR) is 70.5 cm³/mol. The molecule has 96 valence electrons. The number of esters is 1. The van der Waals surface area contributed by atoms with E-state index in [1.165, 1.54) is 12.5 Å². The first-order valence-electron chi connectivity index (χ1n) is 6.16. The minimum absolute atomic E-state index is 0.214. The fourth-order valence-corrected chi connectivity index (χ4v) is 2.36. The van der Waals surface area contributed by atoms with Crippen LogP contribution in [0.3, 0.4) is 0 Å². The number of carbonyl (C=O) groups excluding carboxylic acids is 1. The Labute approximate surface area is 107 Å². The molecule has 1 aromatic rings. The summed E-state index contributed by atoms with van der Waals surface area (Å²) >= 11 is 0. The third-order valence-electron chi connectivity index (χ3n) is 3.19. The van der Waals surface area contributed by atoms with Gasteiger partial charge in [-0.15, -0.1) is 0 Å². The molecule has 1 aromatic carbocycles. The van der Waals surface area contributed by atoms with Gasteiger partial charge in [-0.1, -0.05) is 12.1 Å². The van der Waals surface area contributed by atoms with Crippen LogP contribution in [0, 0.1) is 0 Å². The molecule has 0 heterocycles. The van der Waals surface area contributed by atoms with E-state index in [0.717, 1.165) is 29.7 Å². The predicted octanol–water partition coefficient (Wildman–Crippen LogP) is 2.98. The van der Waals surface area contributed by atoms with E-state index in [0.29, 0.717) is 0 Å². The first-order chi connectivity index (χ1) is 8.61. The van der Waals surface area contributed by atoms with E-state index in [2.05, 4.69) is 12.1 Å². The monoisotopic (exact) mass is 246 g/mol. The van der Waals surface area contributed by atoms with Crippen LogP contribution in [-0.2, 0) is 16.0 Å². The Morgan fingerprint density at radius 2 is 2.17 bits per heavy atom. The number of carbonyl (C=O) groups is 1. The number of hydrogen-bond acceptors (Lipinski definition) is 3. The van der Waals surface area contributed by atoms with E-state index in [1.807, 2.05) is 19.1 Å². The second-order valence-electron chi connectivity index (χ2n) is 4.47. The van der Waals surface area contributed by atoms with Gasteiger partial charge in [-0.05, 0) is 48.6 Å². The van der Waals surface area contributed by atoms with Crippen molar-refractivity contribution in [2.45, 2.75) is 32.8 Å². The van der Waals surface area contributed by atoms with Crippen molar-refractivity contribution in [2.75, 3.05) is 7.11 Å². The normalized spacial score (nSPS) is 15.4. The standard InChI is InChI=1S/C15H18O3/c1-10(18-11(2)16)14-6-4-5-12-7-8-13(17-3)9-15(12)14/h6-10H,4-5H2,1-3H3. The van der Waals surface area contributed by atoms with Gasteiger partial charge in [0.2, 0.25) is 0 Å². The van der Waals surface area contributed by atoms with Crippen molar-refractivity contribution in [3.8, 4) is 5.75 Å². The Hall–Kier alpha value is -1.77. The van der Waals surface area contributed by atoms with Crippen molar-refractivity contribution < 1.29 is 14.3 Å². The molecular formula is C15H18O3. The van der Waals surface area contributed by atoms with Crippen LogP contribution in [0.2, 0.25) is 0 Å². The Kier molecular flexibility index (Phi) is 3.70. The molecule has 1 aliphatic rings. The zero-order valence-corrected chi connectivity index (χ0v) is 11.0. The van der Waals surface area contributed by atoms with Gasteiger partial charge in [0, 0.05) is 6.92 Å². The van der Waals surface area contributed by atoms with Gasteiger partial charge in [-0.2, -0.15) is 0 Å². The highest BCUT2D eigenvalue weighted by Gasteiger charge is 2.20. The third-order valence-corrected chi connectivity index (χ3v) is 3.19. The zero-order valence-electron chi connectivity index (χ0n) is 11.0. The SMILES string of the molecule is COc1ccc2c(c1)C(C(C)OC(C)=O)=CCC2. The Bertz CT molecular complexity index is 489. The van der Waals surface area contributed by atoms with Crippen molar-refractivity contribution in [1.82, 2.24) is 0 Å². The quantitative estimate of drug-likeness (QED) is 0.769. The topological polar surface area (TPSA) is 35.5 Å². The number of hydrogen-bond donors (Lipinski definition) is 0. The Morgan fingerprint density at radius 1 is 1.39 bits per heavy atom. The molecule has 0 aromatic heterocycles. The van der Waals surface area contributed by atoms with Crippen LogP contribution in [0.1, 0.15) is 31.4 Å². The van der Waals surface area contributed by atoms with Crippen LogP contribution in [0.15, 0.2) is 24.3 Å². The lowest BCUT2D eigenvalue weighted by atomic mass is 9.88. The summed E-state index contributed by atoms with van der Waals surface area (Å²) in [6.45, 7) is 3.34. The molecule has 0 saturated heterocycles. The van der Waals surface area contributed by atoms with E-state index >= 15 is 0 Å². The van der Waals surface area contributed by atoms with Gasteiger partial charge in [0.25, 0.3) is 0 Å². The summed E-state index contributed by atoms with van der Waals surface area (Å²) in [5.74, 6) is 0.579. The molecule has 0 fully saturated rings. The maximum Gasteiger partial charge on any atom is 0.303 e. The molecule has 0 radical (unpaired) electrons. The molecule has 1 unspecified atom stereocenters. The van der Waals surface area contributed by atoms with Crippen LogP contribution >= 0.6 is 0 Å². The van der Waals surface area contributed by atoms with E-state index in [1.54, 1.807) is 7.11 Å². The van der Waals surface area contributed by atoms with Crippen molar-refractivity contribution in [3.63, 3.8) is 0 Å². The highest BCUT2D eigenvalue weighted by Crippen LogP contribution is 2.32. The molecule has 0 amide bonds. The smallest absolute Gasteiger partial charge is 0.303 e. The van der Waals surface area contributed by atoms with E-state index in [9.17, 15) is 4.79 Å². The van der Waals surface area contributed by atoms with Crippen LogP contribution < -0.4 is 4.74 Å². The highest BCUT2D eigenvalue weighted by molar-refractivity contribution is 5.76. The number of allylic oxidation sites excluding steroid dienone is 1. The van der Waals surface area contributed by atoms with Gasteiger partial charge in [0.1, 0.15) is 11.9 Å². The van der Waals surface area contributed by atoms with Crippen molar-refractivity contribution in [2.24, 2.45) is 0 Å². The molecule has 3 heteroatoms. The summed E-state index contributed by atoms with van der Waals surface area (Å²) < 4.78 is 10.5. The van der Waals surface area contributed by atoms with Crippen molar-refractivity contribution >= 4 is 11.5 Å². The molecule has 0 aliphatic heterocycles. The molecular weight excluding hydrogens is 228 g/mol. The van der Waals surface area contributed by atoms with Crippen LogP contribution in [0.4, 0.5) is 0 Å². The van der Waals surface area contributed by atoms with Gasteiger partial charge in [-0.3, -0.25) is 4.79 Å². The van der Waals surface area contributed by atoms with Crippen LogP contribution in [0.25, 0.3) is 5.57 Å². The molecule has 0 spiro atoms. The van der Waals surface area contributed by atoms with Gasteiger partial charge >= 0.3 is 5.97 Å². The number of aryl methyl sites for hydroxylation is 1. The summed E-state index contributed by atoms with van der Waals surface area (Å²) in [7, 11) is 1.66. The number of ether oxygens (including phenoxy) is 2. The Balaban J connectivity index is 2.34. The second kappa shape index (κ2) is 5.25. The number of benzene rings is 1. The minimum atomic E-state index is -0.251. The van der Waals surface area contributed by atoms with Crippen molar-refractivity contribution in [3.05, 3.63) is 35.4 Å². The third kappa shape index (κ3) is 2.55. The summed E-state index contributed by atoms with van der Waals surface area (Å²) in [5, 5.41) is 0. The lowest BCUT2D eigenvalue weighted by Crippen LogP contribution is -2.17. The average Bonchev–Trinajstić information content (AvgIpc) is 2.36. The summed E-state index contributed by atoms with van der Waals surface area (Å²) in [4.78, 5) is 11.1. The largest absolute Gasteiger partial charge is 0.497 e. The average molecular weight is 246 g/mol. The molecule has 2 rings (SSSR count). The maximum atomic E-state index is 11.1. The highest BCUT2D eigenvalue weighted by atomic mass is 16.5. The van der Waals surface area contributed by atoms with E-state index in [-0.39, 0.29) is 12.1 Å².